The lowest BCUT2D eigenvalue weighted by Gasteiger charge is -2.17. The molecule has 0 aliphatic carbocycles. The first-order valence-electron chi connectivity index (χ1n) is 7.55. The maximum absolute atomic E-state index is 12.9. The molecule has 1 N–H and O–H groups in total. The predicted molar refractivity (Wildman–Crippen MR) is 107 cm³/mol. The summed E-state index contributed by atoms with van der Waals surface area (Å²) in [4.78, 5) is 24.9. The van der Waals surface area contributed by atoms with Crippen molar-refractivity contribution in [3.8, 4) is 17.2 Å². The number of halogens is 2. The Morgan fingerprint density at radius 1 is 0.889 bits per heavy atom. The third kappa shape index (κ3) is 4.36. The predicted octanol–water partition coefficient (Wildman–Crippen LogP) is 4.28. The van der Waals surface area contributed by atoms with Crippen molar-refractivity contribution in [3.05, 3.63) is 44.3 Å². The van der Waals surface area contributed by atoms with E-state index < -0.39 is 11.9 Å². The molecule has 0 heterocycles. The van der Waals surface area contributed by atoms with Crippen molar-refractivity contribution in [2.24, 2.45) is 0 Å². The smallest absolute Gasteiger partial charge is 0.340 e. The van der Waals surface area contributed by atoms with Gasteiger partial charge in [-0.25, -0.2) is 4.79 Å². The third-order valence-corrected chi connectivity index (χ3v) is 4.93. The first kappa shape index (κ1) is 21.0. The Morgan fingerprint density at radius 3 is 2.11 bits per heavy atom. The van der Waals surface area contributed by atoms with Crippen LogP contribution in [0.4, 0.5) is 5.69 Å². The second-order valence-corrected chi connectivity index (χ2v) is 6.85. The van der Waals surface area contributed by atoms with Gasteiger partial charge >= 0.3 is 5.97 Å². The Labute approximate surface area is 173 Å². The minimum atomic E-state index is -0.574. The average Bonchev–Trinajstić information content (AvgIpc) is 2.67. The number of rotatable bonds is 6. The van der Waals surface area contributed by atoms with Crippen LogP contribution in [0.2, 0.25) is 0 Å². The highest BCUT2D eigenvalue weighted by molar-refractivity contribution is 9.10. The molecule has 9 heteroatoms. The highest BCUT2D eigenvalue weighted by Gasteiger charge is 2.24. The molecule has 0 aliphatic rings. The molecule has 0 spiro atoms. The molecule has 1 amide bonds. The number of carbonyl (C=O) groups is 2. The highest BCUT2D eigenvalue weighted by Crippen LogP contribution is 2.44. The zero-order valence-corrected chi connectivity index (χ0v) is 18.2. The van der Waals surface area contributed by atoms with Gasteiger partial charge in [-0.3, -0.25) is 4.79 Å². The van der Waals surface area contributed by atoms with Crippen LogP contribution in [0, 0.1) is 0 Å². The van der Waals surface area contributed by atoms with E-state index in [0.29, 0.717) is 31.9 Å². The Kier molecular flexibility index (Phi) is 7.09. The highest BCUT2D eigenvalue weighted by atomic mass is 79.9. The van der Waals surface area contributed by atoms with E-state index in [2.05, 4.69) is 37.2 Å². The number of ether oxygens (including phenoxy) is 4. The molecule has 0 aromatic heterocycles. The Balaban J connectivity index is 2.50. The normalized spacial score (nSPS) is 10.1. The Bertz CT molecular complexity index is 885. The molecule has 0 saturated carbocycles. The summed E-state index contributed by atoms with van der Waals surface area (Å²) in [6.07, 6.45) is 0. The van der Waals surface area contributed by atoms with Crippen LogP contribution < -0.4 is 19.5 Å². The van der Waals surface area contributed by atoms with Crippen molar-refractivity contribution in [1.82, 2.24) is 0 Å². The van der Waals surface area contributed by atoms with E-state index in [1.807, 2.05) is 0 Å². The van der Waals surface area contributed by atoms with Gasteiger partial charge in [0, 0.05) is 4.47 Å². The molecule has 0 fully saturated rings. The summed E-state index contributed by atoms with van der Waals surface area (Å²) in [6, 6.07) is 6.37. The summed E-state index contributed by atoms with van der Waals surface area (Å²) >= 11 is 6.66. The van der Waals surface area contributed by atoms with Gasteiger partial charge < -0.3 is 24.3 Å². The van der Waals surface area contributed by atoms with Crippen molar-refractivity contribution in [2.45, 2.75) is 0 Å². The van der Waals surface area contributed by atoms with E-state index in [0.717, 1.165) is 0 Å². The first-order chi connectivity index (χ1) is 12.9. The number of anilines is 1. The third-order valence-electron chi connectivity index (χ3n) is 3.65. The molecular formula is C18H17Br2NO6. The van der Waals surface area contributed by atoms with Gasteiger partial charge in [-0.15, -0.1) is 0 Å². The Morgan fingerprint density at radius 2 is 1.56 bits per heavy atom. The molecule has 0 saturated heterocycles. The van der Waals surface area contributed by atoms with Crippen LogP contribution in [0.5, 0.6) is 17.2 Å². The number of hydrogen-bond acceptors (Lipinski definition) is 6. The summed E-state index contributed by atoms with van der Waals surface area (Å²) in [6.45, 7) is 0. The van der Waals surface area contributed by atoms with Gasteiger partial charge in [0.25, 0.3) is 5.91 Å². The monoisotopic (exact) mass is 501 g/mol. The van der Waals surface area contributed by atoms with Crippen LogP contribution in [0.15, 0.2) is 33.2 Å². The standard InChI is InChI=1S/C18H17Br2NO6/c1-24-13-8-11(14(20)16(26-3)15(13)25-2)17(22)21-12-6-5-9(19)7-10(12)18(23)27-4/h5-8H,1-4H3,(H,21,22). The van der Waals surface area contributed by atoms with Crippen molar-refractivity contribution in [3.63, 3.8) is 0 Å². The lowest BCUT2D eigenvalue weighted by Crippen LogP contribution is -2.16. The van der Waals surface area contributed by atoms with Crippen LogP contribution in [0.3, 0.4) is 0 Å². The van der Waals surface area contributed by atoms with Crippen molar-refractivity contribution in [1.29, 1.82) is 0 Å². The van der Waals surface area contributed by atoms with Gasteiger partial charge in [-0.05, 0) is 40.2 Å². The molecule has 2 rings (SSSR count). The number of amides is 1. The van der Waals surface area contributed by atoms with Gasteiger partial charge in [0.1, 0.15) is 0 Å². The zero-order chi connectivity index (χ0) is 20.1. The van der Waals surface area contributed by atoms with E-state index in [1.165, 1.54) is 34.5 Å². The average molecular weight is 503 g/mol. The molecular weight excluding hydrogens is 486 g/mol. The molecule has 2 aromatic rings. The molecule has 0 radical (unpaired) electrons. The van der Waals surface area contributed by atoms with E-state index in [-0.39, 0.29) is 11.1 Å². The summed E-state index contributed by atoms with van der Waals surface area (Å²) < 4.78 is 21.7. The van der Waals surface area contributed by atoms with Gasteiger partial charge in [0.2, 0.25) is 5.75 Å². The zero-order valence-electron chi connectivity index (χ0n) is 15.0. The maximum atomic E-state index is 12.9. The second-order valence-electron chi connectivity index (χ2n) is 5.14. The Hall–Kier alpha value is -2.26. The van der Waals surface area contributed by atoms with Crippen LogP contribution in [-0.2, 0) is 4.74 Å². The van der Waals surface area contributed by atoms with E-state index in [9.17, 15) is 9.59 Å². The van der Waals surface area contributed by atoms with Crippen LogP contribution in [0.25, 0.3) is 0 Å². The topological polar surface area (TPSA) is 83.1 Å². The summed E-state index contributed by atoms with van der Waals surface area (Å²) in [5.41, 5.74) is 0.753. The quantitative estimate of drug-likeness (QED) is 0.594. The molecule has 0 atom stereocenters. The molecule has 144 valence electrons. The lowest BCUT2D eigenvalue weighted by molar-refractivity contribution is 0.0602. The van der Waals surface area contributed by atoms with Gasteiger partial charge in [-0.1, -0.05) is 15.9 Å². The number of esters is 1. The summed E-state index contributed by atoms with van der Waals surface area (Å²) in [5, 5.41) is 2.71. The molecule has 0 aliphatic heterocycles. The fourth-order valence-corrected chi connectivity index (χ4v) is 3.38. The van der Waals surface area contributed by atoms with Crippen LogP contribution in [0.1, 0.15) is 20.7 Å². The minimum Gasteiger partial charge on any atom is -0.493 e. The number of methoxy groups -OCH3 is 4. The summed E-state index contributed by atoms with van der Waals surface area (Å²) in [5.74, 6) is -0.0656. The fraction of sp³-hybridized carbons (Fsp3) is 0.222. The summed E-state index contributed by atoms with van der Waals surface area (Å²) in [7, 11) is 5.65. The molecule has 2 aromatic carbocycles. The minimum absolute atomic E-state index is 0.212. The molecule has 7 nitrogen and oxygen atoms in total. The van der Waals surface area contributed by atoms with Crippen molar-refractivity contribution in [2.75, 3.05) is 33.8 Å². The van der Waals surface area contributed by atoms with Gasteiger partial charge in [-0.2, -0.15) is 0 Å². The van der Waals surface area contributed by atoms with Crippen molar-refractivity contribution < 1.29 is 28.5 Å². The van der Waals surface area contributed by atoms with E-state index in [1.54, 1.807) is 18.2 Å². The fourth-order valence-electron chi connectivity index (χ4n) is 2.38. The van der Waals surface area contributed by atoms with Gasteiger partial charge in [0.15, 0.2) is 11.5 Å². The first-order valence-corrected chi connectivity index (χ1v) is 9.14. The number of benzene rings is 2. The number of hydrogen-bond donors (Lipinski definition) is 1. The lowest BCUT2D eigenvalue weighted by atomic mass is 10.1. The molecule has 0 bridgehead atoms. The largest absolute Gasteiger partial charge is 0.493 e. The van der Waals surface area contributed by atoms with Crippen molar-refractivity contribution >= 4 is 49.4 Å². The van der Waals surface area contributed by atoms with Gasteiger partial charge in [0.05, 0.1) is 49.7 Å². The molecule has 0 unspecified atom stereocenters. The van der Waals surface area contributed by atoms with Crippen LogP contribution in [-0.4, -0.2) is 40.3 Å². The number of carbonyl (C=O) groups excluding carboxylic acids is 2. The van der Waals surface area contributed by atoms with E-state index >= 15 is 0 Å². The maximum Gasteiger partial charge on any atom is 0.340 e. The number of nitrogens with one attached hydrogen (secondary N) is 1. The molecule has 27 heavy (non-hydrogen) atoms. The van der Waals surface area contributed by atoms with Crippen LogP contribution >= 0.6 is 31.9 Å². The second kappa shape index (κ2) is 9.09. The van der Waals surface area contributed by atoms with E-state index in [4.69, 9.17) is 18.9 Å². The SMILES string of the molecule is COC(=O)c1cc(Br)ccc1NC(=O)c1cc(OC)c(OC)c(OC)c1Br.